The van der Waals surface area contributed by atoms with Crippen molar-refractivity contribution in [2.24, 2.45) is 11.1 Å². The Morgan fingerprint density at radius 1 is 1.55 bits per heavy atom. The van der Waals surface area contributed by atoms with Gasteiger partial charge in [-0.25, -0.2) is 0 Å². The summed E-state index contributed by atoms with van der Waals surface area (Å²) in [7, 11) is 0. The molecule has 11 heavy (non-hydrogen) atoms. The largest absolute Gasteiger partial charge is 0.392 e. The maximum atomic E-state index is 5.28. The fourth-order valence-corrected chi connectivity index (χ4v) is 1.91. The Kier molecular flexibility index (Phi) is 1.68. The fraction of sp³-hybridized carbons (Fsp3) is 0.667. The van der Waals surface area contributed by atoms with E-state index in [2.05, 4.69) is 11.2 Å². The van der Waals surface area contributed by atoms with Crippen LogP contribution in [0.4, 0.5) is 0 Å². The summed E-state index contributed by atoms with van der Waals surface area (Å²) in [5, 5.41) is 4.04. The highest BCUT2D eigenvalue weighted by atomic mass is 16.6. The van der Waals surface area contributed by atoms with E-state index in [1.54, 1.807) is 0 Å². The Bertz CT molecular complexity index is 208. The predicted octanol–water partition coefficient (Wildman–Crippen LogP) is 2.12. The Hall–Kier alpha value is -0.790. The van der Waals surface area contributed by atoms with E-state index in [9.17, 15) is 0 Å². The molecule has 2 aliphatic rings. The first kappa shape index (κ1) is 6.89. The molecule has 0 radical (unpaired) electrons. The van der Waals surface area contributed by atoms with Crippen molar-refractivity contribution in [3.8, 4) is 0 Å². The summed E-state index contributed by atoms with van der Waals surface area (Å²) in [6, 6.07) is 0. The van der Waals surface area contributed by atoms with Gasteiger partial charge < -0.3 is 4.84 Å². The molecule has 2 nitrogen and oxygen atoms in total. The molecule has 0 N–H and O–H groups in total. The minimum absolute atomic E-state index is 0.404. The molecule has 0 aromatic carbocycles. The number of oxime groups is 1. The average molecular weight is 151 g/mol. The molecule has 0 aromatic heterocycles. The molecule has 1 saturated carbocycles. The van der Waals surface area contributed by atoms with Gasteiger partial charge in [-0.05, 0) is 32.3 Å². The summed E-state index contributed by atoms with van der Waals surface area (Å²) in [5.74, 6) is 0.603. The highest BCUT2D eigenvalue weighted by Gasteiger charge is 2.36. The van der Waals surface area contributed by atoms with E-state index >= 15 is 0 Å². The summed E-state index contributed by atoms with van der Waals surface area (Å²) < 4.78 is 0. The van der Waals surface area contributed by atoms with Crippen LogP contribution in [-0.2, 0) is 4.84 Å². The van der Waals surface area contributed by atoms with Crippen LogP contribution < -0.4 is 0 Å². The van der Waals surface area contributed by atoms with E-state index in [1.165, 1.54) is 19.3 Å². The lowest BCUT2D eigenvalue weighted by Gasteiger charge is -2.04. The third-order valence-corrected chi connectivity index (χ3v) is 2.46. The van der Waals surface area contributed by atoms with Crippen molar-refractivity contribution in [1.29, 1.82) is 0 Å². The average Bonchev–Trinajstić information content (AvgIpc) is 2.53. The van der Waals surface area contributed by atoms with Gasteiger partial charge in [-0.3, -0.25) is 0 Å². The molecule has 2 atom stereocenters. The van der Waals surface area contributed by atoms with E-state index in [-0.39, 0.29) is 0 Å². The number of fused-ring (bicyclic) bond motifs is 1. The van der Waals surface area contributed by atoms with E-state index in [1.807, 2.05) is 13.0 Å². The van der Waals surface area contributed by atoms with Gasteiger partial charge in [0.2, 0.25) is 0 Å². The van der Waals surface area contributed by atoms with E-state index in [0.29, 0.717) is 12.0 Å². The van der Waals surface area contributed by atoms with Gasteiger partial charge in [-0.1, -0.05) is 11.2 Å². The highest BCUT2D eigenvalue weighted by Crippen LogP contribution is 2.34. The lowest BCUT2D eigenvalue weighted by atomic mass is 10.0. The molecule has 1 aliphatic carbocycles. The van der Waals surface area contributed by atoms with Crippen LogP contribution in [0.15, 0.2) is 17.3 Å². The van der Waals surface area contributed by atoms with Crippen molar-refractivity contribution in [1.82, 2.24) is 0 Å². The Morgan fingerprint density at radius 2 is 2.45 bits per heavy atom. The minimum Gasteiger partial charge on any atom is -0.392 e. The van der Waals surface area contributed by atoms with Crippen LogP contribution in [0.3, 0.4) is 0 Å². The van der Waals surface area contributed by atoms with E-state index < -0.39 is 0 Å². The fourth-order valence-electron chi connectivity index (χ4n) is 1.91. The molecular formula is C9H13NO. The number of rotatable bonds is 1. The van der Waals surface area contributed by atoms with Crippen LogP contribution in [0, 0.1) is 5.92 Å². The molecule has 60 valence electrons. The van der Waals surface area contributed by atoms with Crippen LogP contribution >= 0.6 is 0 Å². The SMILES string of the molecule is C/C=C/C1=NOC2CCCC12. The normalized spacial score (nSPS) is 35.5. The quantitative estimate of drug-likeness (QED) is 0.562. The molecule has 2 heteroatoms. The number of hydrogen-bond donors (Lipinski definition) is 0. The molecule has 0 aromatic rings. The van der Waals surface area contributed by atoms with Gasteiger partial charge in [-0.15, -0.1) is 0 Å². The van der Waals surface area contributed by atoms with Crippen molar-refractivity contribution in [2.45, 2.75) is 32.3 Å². The maximum Gasteiger partial charge on any atom is 0.136 e. The Labute approximate surface area is 66.9 Å². The molecule has 1 heterocycles. The number of nitrogens with zero attached hydrogens (tertiary/aromatic N) is 1. The highest BCUT2D eigenvalue weighted by molar-refractivity contribution is 5.97. The third-order valence-electron chi connectivity index (χ3n) is 2.46. The molecule has 1 aliphatic heterocycles. The standard InChI is InChI=1S/C9H13NO/c1-2-4-8-7-5-3-6-9(7)11-10-8/h2,4,7,9H,3,5-6H2,1H3/b4-2+. The molecule has 2 unspecified atom stereocenters. The maximum absolute atomic E-state index is 5.28. The van der Waals surface area contributed by atoms with Crippen molar-refractivity contribution in [2.75, 3.05) is 0 Å². The molecular weight excluding hydrogens is 138 g/mol. The molecule has 0 spiro atoms. The topological polar surface area (TPSA) is 21.6 Å². The van der Waals surface area contributed by atoms with E-state index in [0.717, 1.165) is 5.71 Å². The number of hydrogen-bond acceptors (Lipinski definition) is 2. The second-order valence-corrected chi connectivity index (χ2v) is 3.20. The van der Waals surface area contributed by atoms with Crippen LogP contribution in [0.5, 0.6) is 0 Å². The summed E-state index contributed by atoms with van der Waals surface area (Å²) >= 11 is 0. The predicted molar refractivity (Wildman–Crippen MR) is 44.5 cm³/mol. The van der Waals surface area contributed by atoms with Gasteiger partial charge in [0, 0.05) is 5.92 Å². The van der Waals surface area contributed by atoms with Crippen LogP contribution in [0.25, 0.3) is 0 Å². The second kappa shape index (κ2) is 2.68. The van der Waals surface area contributed by atoms with Gasteiger partial charge in [0.15, 0.2) is 0 Å². The van der Waals surface area contributed by atoms with Crippen molar-refractivity contribution < 1.29 is 4.84 Å². The van der Waals surface area contributed by atoms with Crippen molar-refractivity contribution in [3.05, 3.63) is 12.2 Å². The van der Waals surface area contributed by atoms with Crippen LogP contribution in [0.2, 0.25) is 0 Å². The second-order valence-electron chi connectivity index (χ2n) is 3.20. The molecule has 1 fully saturated rings. The summed E-state index contributed by atoms with van der Waals surface area (Å²) in [6.45, 7) is 2.02. The Morgan fingerprint density at radius 3 is 3.27 bits per heavy atom. The van der Waals surface area contributed by atoms with Gasteiger partial charge in [0.05, 0.1) is 5.71 Å². The smallest absolute Gasteiger partial charge is 0.136 e. The molecule has 0 bridgehead atoms. The lowest BCUT2D eigenvalue weighted by Crippen LogP contribution is -2.14. The Balaban J connectivity index is 2.11. The zero-order valence-electron chi connectivity index (χ0n) is 6.79. The molecule has 0 amide bonds. The zero-order chi connectivity index (χ0) is 7.68. The summed E-state index contributed by atoms with van der Waals surface area (Å²) in [5.41, 5.74) is 1.15. The summed E-state index contributed by atoms with van der Waals surface area (Å²) in [6.07, 6.45) is 8.25. The molecule has 0 saturated heterocycles. The zero-order valence-corrected chi connectivity index (χ0v) is 6.79. The van der Waals surface area contributed by atoms with Gasteiger partial charge >= 0.3 is 0 Å². The first-order chi connectivity index (χ1) is 5.42. The minimum atomic E-state index is 0.404. The monoisotopic (exact) mass is 151 g/mol. The van der Waals surface area contributed by atoms with Gasteiger partial charge in [0.1, 0.15) is 6.10 Å². The lowest BCUT2D eigenvalue weighted by molar-refractivity contribution is 0.0746. The number of allylic oxidation sites excluding steroid dienone is 2. The first-order valence-electron chi connectivity index (χ1n) is 4.28. The van der Waals surface area contributed by atoms with Gasteiger partial charge in [-0.2, -0.15) is 0 Å². The van der Waals surface area contributed by atoms with Crippen LogP contribution in [0.1, 0.15) is 26.2 Å². The summed E-state index contributed by atoms with van der Waals surface area (Å²) in [4.78, 5) is 5.28. The van der Waals surface area contributed by atoms with Crippen molar-refractivity contribution in [3.63, 3.8) is 0 Å². The molecule has 2 rings (SSSR count). The third kappa shape index (κ3) is 1.06. The van der Waals surface area contributed by atoms with Gasteiger partial charge in [0.25, 0.3) is 0 Å². The first-order valence-corrected chi connectivity index (χ1v) is 4.28. The van der Waals surface area contributed by atoms with Crippen molar-refractivity contribution >= 4 is 5.71 Å². The van der Waals surface area contributed by atoms with Crippen LogP contribution in [-0.4, -0.2) is 11.8 Å². The van der Waals surface area contributed by atoms with E-state index in [4.69, 9.17) is 4.84 Å².